The van der Waals surface area contributed by atoms with Crippen LogP contribution in [0.1, 0.15) is 27.0 Å². The third kappa shape index (κ3) is 5.08. The lowest BCUT2D eigenvalue weighted by atomic mass is 9.98. The van der Waals surface area contributed by atoms with Crippen molar-refractivity contribution >= 4 is 27.3 Å². The number of nitrogens with two attached hydrogens (primary N) is 3. The van der Waals surface area contributed by atoms with Crippen LogP contribution in [-0.2, 0) is 16.6 Å². The molecule has 0 aliphatic heterocycles. The van der Waals surface area contributed by atoms with Crippen molar-refractivity contribution in [3.05, 3.63) is 89.0 Å². The van der Waals surface area contributed by atoms with E-state index in [0.717, 1.165) is 5.56 Å². The molecular formula is C22H23N4O4S+. The molecule has 0 heterocycles. The second-order valence-electron chi connectivity index (χ2n) is 6.79. The van der Waals surface area contributed by atoms with Crippen LogP contribution in [0.15, 0.2) is 71.6 Å². The lowest BCUT2D eigenvalue weighted by Gasteiger charge is -2.10. The van der Waals surface area contributed by atoms with Crippen LogP contribution in [-0.4, -0.2) is 27.1 Å². The molecule has 3 rings (SSSR count). The van der Waals surface area contributed by atoms with Gasteiger partial charge in [0.05, 0.1) is 23.1 Å². The summed E-state index contributed by atoms with van der Waals surface area (Å²) in [5.74, 6) is 0.266. The quantitative estimate of drug-likeness (QED) is 0.311. The summed E-state index contributed by atoms with van der Waals surface area (Å²) in [5.41, 5.74) is 9.21. The first-order valence-electron chi connectivity index (χ1n) is 9.26. The fourth-order valence-electron chi connectivity index (χ4n) is 3.02. The van der Waals surface area contributed by atoms with E-state index in [4.69, 9.17) is 21.0 Å². The average molecular weight is 440 g/mol. The predicted molar refractivity (Wildman–Crippen MR) is 118 cm³/mol. The van der Waals surface area contributed by atoms with Crippen molar-refractivity contribution in [2.45, 2.75) is 11.4 Å². The minimum Gasteiger partial charge on any atom is -0.496 e. The lowest BCUT2D eigenvalue weighted by Crippen LogP contribution is -2.41. The molecule has 9 heteroatoms. The highest BCUT2D eigenvalue weighted by Crippen LogP contribution is 2.23. The summed E-state index contributed by atoms with van der Waals surface area (Å²) in [4.78, 5) is 12.7. The van der Waals surface area contributed by atoms with Gasteiger partial charge in [-0.05, 0) is 48.0 Å². The Kier molecular flexibility index (Phi) is 6.38. The third-order valence-corrected chi connectivity index (χ3v) is 5.64. The molecule has 0 saturated heterocycles. The summed E-state index contributed by atoms with van der Waals surface area (Å²) < 4.78 is 28.0. The monoisotopic (exact) mass is 439 g/mol. The topological polar surface area (TPSA) is 150 Å². The summed E-state index contributed by atoms with van der Waals surface area (Å²) in [6, 6.07) is 18.1. The zero-order valence-corrected chi connectivity index (χ0v) is 17.6. The molecule has 0 saturated carbocycles. The number of anilines is 1. The van der Waals surface area contributed by atoms with Gasteiger partial charge in [0.2, 0.25) is 15.7 Å². The molecule has 0 aliphatic rings. The predicted octanol–water partition coefficient (Wildman–Crippen LogP) is 0.451. The molecule has 7 N–H and O–H groups in total. The van der Waals surface area contributed by atoms with Crippen LogP contribution in [0.25, 0.3) is 0 Å². The van der Waals surface area contributed by atoms with E-state index in [2.05, 4.69) is 5.32 Å². The number of carbonyl (C=O) groups is 1. The van der Waals surface area contributed by atoms with Gasteiger partial charge in [-0.15, -0.1) is 0 Å². The maximum atomic E-state index is 12.6. The number of nitrogen functional groups attached to an aromatic ring is 1. The number of amides is 1. The van der Waals surface area contributed by atoms with Gasteiger partial charge in [0.1, 0.15) is 5.75 Å². The van der Waals surface area contributed by atoms with Crippen molar-refractivity contribution in [3.63, 3.8) is 0 Å². The molecule has 160 valence electrons. The lowest BCUT2D eigenvalue weighted by molar-refractivity contribution is -0.111. The number of nitrogens with one attached hydrogen (secondary N) is 1. The van der Waals surface area contributed by atoms with Crippen molar-refractivity contribution in [1.29, 1.82) is 0 Å². The van der Waals surface area contributed by atoms with E-state index in [-0.39, 0.29) is 17.3 Å². The molecule has 8 nitrogen and oxygen atoms in total. The van der Waals surface area contributed by atoms with Crippen molar-refractivity contribution in [2.75, 3.05) is 12.8 Å². The van der Waals surface area contributed by atoms with E-state index in [1.54, 1.807) is 43.5 Å². The average Bonchev–Trinajstić information content (AvgIpc) is 2.77. The highest BCUT2D eigenvalue weighted by Gasteiger charge is 2.20. The van der Waals surface area contributed by atoms with E-state index in [1.807, 2.05) is 18.2 Å². The van der Waals surface area contributed by atoms with E-state index in [9.17, 15) is 13.2 Å². The van der Waals surface area contributed by atoms with Crippen LogP contribution in [0.5, 0.6) is 5.75 Å². The largest absolute Gasteiger partial charge is 0.496 e. The Morgan fingerprint density at radius 2 is 1.71 bits per heavy atom. The second kappa shape index (κ2) is 8.99. The Balaban J connectivity index is 1.78. The first-order chi connectivity index (χ1) is 14.7. The Morgan fingerprint density at radius 3 is 2.35 bits per heavy atom. The third-order valence-electron chi connectivity index (χ3n) is 4.71. The molecule has 0 spiro atoms. The van der Waals surface area contributed by atoms with Crippen LogP contribution >= 0.6 is 0 Å². The first-order valence-corrected chi connectivity index (χ1v) is 10.8. The molecule has 1 amide bonds. The molecule has 31 heavy (non-hydrogen) atoms. The van der Waals surface area contributed by atoms with Gasteiger partial charge < -0.3 is 15.8 Å². The number of benzene rings is 3. The second-order valence-corrected chi connectivity index (χ2v) is 8.35. The molecule has 0 bridgehead atoms. The van der Waals surface area contributed by atoms with E-state index >= 15 is 0 Å². The summed E-state index contributed by atoms with van der Waals surface area (Å²) in [6.07, 6.45) is 0. The fraction of sp³-hybridized carbons (Fsp3) is 0.0909. The minimum absolute atomic E-state index is 0.00751. The maximum absolute atomic E-state index is 12.6. The fourth-order valence-corrected chi connectivity index (χ4v) is 3.54. The Bertz CT molecular complexity index is 1240. The number of sulfonamides is 1. The van der Waals surface area contributed by atoms with Crippen LogP contribution in [0.2, 0.25) is 0 Å². The first kappa shape index (κ1) is 22.0. The summed E-state index contributed by atoms with van der Waals surface area (Å²) >= 11 is 0. The van der Waals surface area contributed by atoms with Crippen LogP contribution in [0, 0.1) is 0 Å². The minimum atomic E-state index is -3.76. The van der Waals surface area contributed by atoms with Gasteiger partial charge >= 0.3 is 0 Å². The maximum Gasteiger partial charge on any atom is 0.251 e. The van der Waals surface area contributed by atoms with E-state index in [0.29, 0.717) is 33.8 Å². The van der Waals surface area contributed by atoms with Crippen LogP contribution in [0.3, 0.4) is 0 Å². The molecule has 0 unspecified atom stereocenters. The number of hydrogen-bond donors (Lipinski definition) is 4. The molecule has 0 atom stereocenters. The van der Waals surface area contributed by atoms with Crippen LogP contribution in [0.4, 0.5) is 5.69 Å². The van der Waals surface area contributed by atoms with Crippen molar-refractivity contribution in [2.24, 2.45) is 5.14 Å². The Labute approximate surface area is 180 Å². The van der Waals surface area contributed by atoms with Gasteiger partial charge in [-0.25, -0.2) is 13.6 Å². The number of para-hydroxylation sites is 1. The van der Waals surface area contributed by atoms with Crippen molar-refractivity contribution in [1.82, 2.24) is 5.32 Å². The summed E-state index contributed by atoms with van der Waals surface area (Å²) in [6.45, 7) is 0.204. The zero-order valence-electron chi connectivity index (χ0n) is 16.8. The van der Waals surface area contributed by atoms with Gasteiger partial charge in [0.15, 0.2) is 0 Å². The highest BCUT2D eigenvalue weighted by molar-refractivity contribution is 7.89. The standard InChI is InChI=1S/C22H22N4O4S/c1-30-20-5-3-2-4-17(20)21(24)18-12-15(8-11-19(18)23)22(27)26-13-14-6-9-16(10-7-14)31(25,28)29/h2-12,24H,13,23H2,1H3,(H,26,27)(H2,25,28,29)/p+1. The number of methoxy groups -OCH3 is 1. The normalized spacial score (nSPS) is 11.0. The number of primary sulfonamides is 1. The molecule has 0 aromatic heterocycles. The van der Waals surface area contributed by atoms with E-state index in [1.165, 1.54) is 12.1 Å². The van der Waals surface area contributed by atoms with Gasteiger partial charge in [0.25, 0.3) is 5.91 Å². The summed E-state index contributed by atoms with van der Waals surface area (Å²) in [5, 5.41) is 14.2. The summed E-state index contributed by atoms with van der Waals surface area (Å²) in [7, 11) is -2.21. The van der Waals surface area contributed by atoms with Crippen LogP contribution < -0.4 is 26.3 Å². The Morgan fingerprint density at radius 1 is 1.03 bits per heavy atom. The highest BCUT2D eigenvalue weighted by atomic mass is 32.2. The number of carbonyl (C=O) groups excluding carboxylic acids is 1. The molecule has 3 aromatic carbocycles. The van der Waals surface area contributed by atoms with E-state index < -0.39 is 10.0 Å². The molecule has 0 aliphatic carbocycles. The SMILES string of the molecule is COc1ccccc1C(=[NH2+])c1cc(C(=O)NCc2ccc(S(N)(=O)=O)cc2)ccc1N. The van der Waals surface area contributed by atoms with Gasteiger partial charge in [0, 0.05) is 17.8 Å². The smallest absolute Gasteiger partial charge is 0.251 e. The zero-order chi connectivity index (χ0) is 22.6. The van der Waals surface area contributed by atoms with Gasteiger partial charge in [-0.1, -0.05) is 24.3 Å². The Hall–Kier alpha value is -3.69. The van der Waals surface area contributed by atoms with Gasteiger partial charge in [-0.2, -0.15) is 0 Å². The molecule has 0 radical (unpaired) electrons. The number of ether oxygens (including phenoxy) is 1. The van der Waals surface area contributed by atoms with Crippen molar-refractivity contribution in [3.8, 4) is 5.75 Å². The van der Waals surface area contributed by atoms with Crippen molar-refractivity contribution < 1.29 is 23.4 Å². The molecular weight excluding hydrogens is 416 g/mol. The molecule has 0 fully saturated rings. The number of hydrogen-bond acceptors (Lipinski definition) is 5. The van der Waals surface area contributed by atoms with Gasteiger partial charge in [-0.3, -0.25) is 10.2 Å². The number of rotatable bonds is 7. The molecule has 3 aromatic rings.